The quantitative estimate of drug-likeness (QED) is 0.507. The molecule has 4 rings (SSSR count). The maximum absolute atomic E-state index is 13.0. The largest absolute Gasteiger partial charge is 0.497 e. The molecule has 0 aliphatic carbocycles. The van der Waals surface area contributed by atoms with Crippen LogP contribution in [0.5, 0.6) is 5.75 Å². The molecule has 32 heavy (non-hydrogen) atoms. The van der Waals surface area contributed by atoms with E-state index < -0.39 is 0 Å². The molecule has 1 fully saturated rings. The van der Waals surface area contributed by atoms with Crippen LogP contribution in [0.2, 0.25) is 0 Å². The van der Waals surface area contributed by atoms with Gasteiger partial charge < -0.3 is 19.9 Å². The SMILES string of the molecule is CCc1cccc2c([C@H](CC(=O)NCCN3CCCCC3)c3cccc(OC)c3)c[nH]c12. The fourth-order valence-electron chi connectivity index (χ4n) is 4.88. The molecule has 2 N–H and O–H groups in total. The van der Waals surface area contributed by atoms with E-state index in [9.17, 15) is 4.79 Å². The van der Waals surface area contributed by atoms with E-state index in [4.69, 9.17) is 4.74 Å². The van der Waals surface area contributed by atoms with Crippen molar-refractivity contribution in [3.63, 3.8) is 0 Å². The van der Waals surface area contributed by atoms with Crippen molar-refractivity contribution in [1.82, 2.24) is 15.2 Å². The van der Waals surface area contributed by atoms with Crippen LogP contribution in [0, 0.1) is 0 Å². The van der Waals surface area contributed by atoms with Crippen LogP contribution in [0.3, 0.4) is 0 Å². The first-order valence-corrected chi connectivity index (χ1v) is 11.9. The zero-order chi connectivity index (χ0) is 22.3. The highest BCUT2D eigenvalue weighted by Crippen LogP contribution is 2.35. The minimum Gasteiger partial charge on any atom is -0.497 e. The van der Waals surface area contributed by atoms with E-state index in [1.807, 2.05) is 18.2 Å². The summed E-state index contributed by atoms with van der Waals surface area (Å²) in [6.07, 6.45) is 7.33. The first-order valence-electron chi connectivity index (χ1n) is 11.9. The third-order valence-corrected chi connectivity index (χ3v) is 6.67. The predicted octanol–water partition coefficient (Wildman–Crippen LogP) is 4.86. The lowest BCUT2D eigenvalue weighted by Crippen LogP contribution is -2.38. The molecule has 0 spiro atoms. The summed E-state index contributed by atoms with van der Waals surface area (Å²) in [5.74, 6) is 0.865. The number of carbonyl (C=O) groups excluding carboxylic acids is 1. The maximum Gasteiger partial charge on any atom is 0.220 e. The Kier molecular flexibility index (Phi) is 7.48. The Morgan fingerprint density at radius 3 is 2.75 bits per heavy atom. The van der Waals surface area contributed by atoms with Crippen molar-refractivity contribution in [2.24, 2.45) is 0 Å². The second kappa shape index (κ2) is 10.7. The van der Waals surface area contributed by atoms with Crippen LogP contribution in [-0.4, -0.2) is 49.1 Å². The van der Waals surface area contributed by atoms with Gasteiger partial charge in [-0.1, -0.05) is 43.7 Å². The van der Waals surface area contributed by atoms with Gasteiger partial charge in [-0.15, -0.1) is 0 Å². The summed E-state index contributed by atoms with van der Waals surface area (Å²) in [5, 5.41) is 4.36. The van der Waals surface area contributed by atoms with Crippen molar-refractivity contribution in [1.29, 1.82) is 0 Å². The summed E-state index contributed by atoms with van der Waals surface area (Å²) < 4.78 is 5.47. The normalized spacial score (nSPS) is 15.6. The number of para-hydroxylation sites is 1. The van der Waals surface area contributed by atoms with Crippen LogP contribution < -0.4 is 10.1 Å². The van der Waals surface area contributed by atoms with Crippen LogP contribution in [0.4, 0.5) is 0 Å². The topological polar surface area (TPSA) is 57.4 Å². The standard InChI is InChI=1S/C27H35N3O2/c1-3-20-9-8-12-23-25(19-29-27(20)23)24(21-10-7-11-22(17-21)32-2)18-26(31)28-13-16-30-14-5-4-6-15-30/h7-12,17,19,24,29H,3-6,13-16,18H2,1-2H3,(H,28,31)/t24-/m1/s1. The molecule has 1 atom stereocenters. The zero-order valence-electron chi connectivity index (χ0n) is 19.3. The minimum absolute atomic E-state index is 0.0408. The predicted molar refractivity (Wildman–Crippen MR) is 130 cm³/mol. The number of piperidine rings is 1. The molecule has 1 amide bonds. The number of methoxy groups -OCH3 is 1. The van der Waals surface area contributed by atoms with Gasteiger partial charge in [-0.25, -0.2) is 0 Å². The molecular formula is C27H35N3O2. The third-order valence-electron chi connectivity index (χ3n) is 6.67. The number of aromatic amines is 1. The summed E-state index contributed by atoms with van der Waals surface area (Å²) in [6, 6.07) is 14.5. The lowest BCUT2D eigenvalue weighted by atomic mass is 9.87. The second-order valence-electron chi connectivity index (χ2n) is 8.72. The highest BCUT2D eigenvalue weighted by atomic mass is 16.5. The molecule has 0 unspecified atom stereocenters. The number of nitrogens with zero attached hydrogens (tertiary/aromatic N) is 1. The Morgan fingerprint density at radius 2 is 1.97 bits per heavy atom. The van der Waals surface area contributed by atoms with E-state index in [0.29, 0.717) is 13.0 Å². The fourth-order valence-corrected chi connectivity index (χ4v) is 4.88. The van der Waals surface area contributed by atoms with Gasteiger partial charge in [-0.2, -0.15) is 0 Å². The number of hydrogen-bond acceptors (Lipinski definition) is 3. The number of benzene rings is 2. The van der Waals surface area contributed by atoms with Crippen LogP contribution in [-0.2, 0) is 11.2 Å². The van der Waals surface area contributed by atoms with E-state index >= 15 is 0 Å². The highest BCUT2D eigenvalue weighted by Gasteiger charge is 2.22. The van der Waals surface area contributed by atoms with E-state index in [1.165, 1.54) is 35.7 Å². The first kappa shape index (κ1) is 22.4. The van der Waals surface area contributed by atoms with Crippen LogP contribution >= 0.6 is 0 Å². The third kappa shape index (κ3) is 5.16. The van der Waals surface area contributed by atoms with Crippen molar-refractivity contribution >= 4 is 16.8 Å². The summed E-state index contributed by atoms with van der Waals surface area (Å²) in [6.45, 7) is 6.11. The van der Waals surface area contributed by atoms with Crippen LogP contribution in [0.1, 0.15) is 55.2 Å². The van der Waals surface area contributed by atoms with Gasteiger partial charge in [0.25, 0.3) is 0 Å². The van der Waals surface area contributed by atoms with Gasteiger partial charge in [0.1, 0.15) is 5.75 Å². The van der Waals surface area contributed by atoms with E-state index in [1.54, 1.807) is 7.11 Å². The lowest BCUT2D eigenvalue weighted by molar-refractivity contribution is -0.121. The fraction of sp³-hybridized carbons (Fsp3) is 0.444. The number of rotatable bonds is 9. The summed E-state index contributed by atoms with van der Waals surface area (Å²) >= 11 is 0. The molecule has 1 aromatic heterocycles. The zero-order valence-corrected chi connectivity index (χ0v) is 19.3. The molecule has 170 valence electrons. The number of hydrogen-bond donors (Lipinski definition) is 2. The Bertz CT molecular complexity index is 1040. The number of ether oxygens (including phenoxy) is 1. The average Bonchev–Trinajstić information content (AvgIpc) is 3.27. The molecule has 1 saturated heterocycles. The van der Waals surface area contributed by atoms with Crippen molar-refractivity contribution in [2.75, 3.05) is 33.3 Å². The van der Waals surface area contributed by atoms with Crippen molar-refractivity contribution in [2.45, 2.75) is 44.9 Å². The minimum atomic E-state index is -0.0408. The van der Waals surface area contributed by atoms with Crippen molar-refractivity contribution in [3.05, 3.63) is 65.4 Å². The number of aromatic nitrogens is 1. The van der Waals surface area contributed by atoms with E-state index in [-0.39, 0.29) is 11.8 Å². The lowest BCUT2D eigenvalue weighted by Gasteiger charge is -2.26. The number of amides is 1. The number of fused-ring (bicyclic) bond motifs is 1. The van der Waals surface area contributed by atoms with E-state index in [2.05, 4.69) is 52.6 Å². The van der Waals surface area contributed by atoms with Gasteiger partial charge in [0.2, 0.25) is 5.91 Å². The Balaban J connectivity index is 1.55. The van der Waals surface area contributed by atoms with Crippen LogP contribution in [0.25, 0.3) is 10.9 Å². The van der Waals surface area contributed by atoms with Gasteiger partial charge in [0.05, 0.1) is 7.11 Å². The number of carbonyl (C=O) groups is 1. The summed E-state index contributed by atoms with van der Waals surface area (Å²) in [5.41, 5.74) is 4.72. The summed E-state index contributed by atoms with van der Waals surface area (Å²) in [7, 11) is 1.68. The maximum atomic E-state index is 13.0. The Hall–Kier alpha value is -2.79. The molecule has 5 nitrogen and oxygen atoms in total. The molecule has 1 aliphatic heterocycles. The number of H-pyrrole nitrogens is 1. The smallest absolute Gasteiger partial charge is 0.220 e. The van der Waals surface area contributed by atoms with Crippen molar-refractivity contribution < 1.29 is 9.53 Å². The molecule has 3 aromatic rings. The molecular weight excluding hydrogens is 398 g/mol. The first-order chi connectivity index (χ1) is 15.7. The van der Waals surface area contributed by atoms with E-state index in [0.717, 1.165) is 42.9 Å². The van der Waals surface area contributed by atoms with Gasteiger partial charge in [0.15, 0.2) is 0 Å². The van der Waals surface area contributed by atoms with Crippen molar-refractivity contribution in [3.8, 4) is 5.75 Å². The van der Waals surface area contributed by atoms with Gasteiger partial charge in [-0.3, -0.25) is 4.79 Å². The molecule has 5 heteroatoms. The van der Waals surface area contributed by atoms with Crippen LogP contribution in [0.15, 0.2) is 48.7 Å². The number of likely N-dealkylation sites (tertiary alicyclic amines) is 1. The number of nitrogens with one attached hydrogen (secondary N) is 2. The molecule has 1 aliphatic rings. The Labute approximate surface area is 191 Å². The molecule has 0 radical (unpaired) electrons. The van der Waals surface area contributed by atoms with Gasteiger partial charge in [0, 0.05) is 42.5 Å². The van der Waals surface area contributed by atoms with Gasteiger partial charge >= 0.3 is 0 Å². The Morgan fingerprint density at radius 1 is 1.16 bits per heavy atom. The molecule has 0 saturated carbocycles. The van der Waals surface area contributed by atoms with Gasteiger partial charge in [-0.05, 0) is 61.2 Å². The molecule has 0 bridgehead atoms. The molecule has 2 heterocycles. The second-order valence-corrected chi connectivity index (χ2v) is 8.72. The summed E-state index contributed by atoms with van der Waals surface area (Å²) in [4.78, 5) is 18.9. The highest BCUT2D eigenvalue weighted by molar-refractivity contribution is 5.88. The average molecular weight is 434 g/mol. The number of aryl methyl sites for hydroxylation is 1. The molecule has 2 aromatic carbocycles. The monoisotopic (exact) mass is 433 g/mol.